The molecule has 2 rings (SSSR count). The summed E-state index contributed by atoms with van der Waals surface area (Å²) in [4.78, 5) is 17.1. The predicted octanol–water partition coefficient (Wildman–Crippen LogP) is 2.44. The van der Waals surface area contributed by atoms with Gasteiger partial charge in [0, 0.05) is 11.1 Å². The maximum atomic E-state index is 11.6. The van der Waals surface area contributed by atoms with Crippen molar-refractivity contribution in [3.63, 3.8) is 0 Å². The molecular formula is C13H12ClNO2. The highest BCUT2D eigenvalue weighted by molar-refractivity contribution is 6.30. The van der Waals surface area contributed by atoms with E-state index in [9.17, 15) is 4.79 Å². The second-order valence-electron chi connectivity index (χ2n) is 3.71. The van der Waals surface area contributed by atoms with Gasteiger partial charge in [-0.2, -0.15) is 0 Å². The summed E-state index contributed by atoms with van der Waals surface area (Å²) in [7, 11) is 0. The van der Waals surface area contributed by atoms with Gasteiger partial charge in [-0.15, -0.1) is 4.73 Å². The van der Waals surface area contributed by atoms with Crippen molar-refractivity contribution < 1.29 is 4.84 Å². The third-order valence-corrected chi connectivity index (χ3v) is 2.55. The fraction of sp³-hybridized carbons (Fsp3) is 0.154. The van der Waals surface area contributed by atoms with Crippen LogP contribution < -0.4 is 10.4 Å². The molecule has 17 heavy (non-hydrogen) atoms. The summed E-state index contributed by atoms with van der Waals surface area (Å²) in [5.41, 5.74) is 1.43. The van der Waals surface area contributed by atoms with Crippen molar-refractivity contribution in [2.45, 2.75) is 13.5 Å². The summed E-state index contributed by atoms with van der Waals surface area (Å²) in [6.07, 6.45) is 0. The van der Waals surface area contributed by atoms with Crippen LogP contribution in [0.1, 0.15) is 11.3 Å². The summed E-state index contributed by atoms with van der Waals surface area (Å²) < 4.78 is 1.25. The van der Waals surface area contributed by atoms with Crippen LogP contribution in [-0.4, -0.2) is 4.73 Å². The molecule has 88 valence electrons. The molecule has 0 aliphatic carbocycles. The van der Waals surface area contributed by atoms with Crippen molar-refractivity contribution in [2.24, 2.45) is 0 Å². The number of aromatic nitrogens is 1. The van der Waals surface area contributed by atoms with Crippen LogP contribution >= 0.6 is 11.6 Å². The molecule has 0 spiro atoms. The number of benzene rings is 1. The van der Waals surface area contributed by atoms with Gasteiger partial charge in [0.2, 0.25) is 0 Å². The van der Waals surface area contributed by atoms with Crippen molar-refractivity contribution in [2.75, 3.05) is 0 Å². The van der Waals surface area contributed by atoms with Crippen LogP contribution in [-0.2, 0) is 6.61 Å². The van der Waals surface area contributed by atoms with Crippen molar-refractivity contribution in [1.82, 2.24) is 4.73 Å². The Hall–Kier alpha value is -1.74. The largest absolute Gasteiger partial charge is 0.406 e. The lowest BCUT2D eigenvalue weighted by molar-refractivity contribution is 0.0846. The van der Waals surface area contributed by atoms with E-state index >= 15 is 0 Å². The first kappa shape index (κ1) is 11.7. The maximum absolute atomic E-state index is 11.6. The van der Waals surface area contributed by atoms with E-state index < -0.39 is 0 Å². The van der Waals surface area contributed by atoms with E-state index in [2.05, 4.69) is 0 Å². The third kappa shape index (κ3) is 2.88. The highest BCUT2D eigenvalue weighted by Crippen LogP contribution is 2.06. The Morgan fingerprint density at radius 2 is 1.94 bits per heavy atom. The Kier molecular flexibility index (Phi) is 3.49. The van der Waals surface area contributed by atoms with Crippen LogP contribution in [0.5, 0.6) is 0 Å². The lowest BCUT2D eigenvalue weighted by Gasteiger charge is -2.11. The molecule has 2 aromatic rings. The Morgan fingerprint density at radius 1 is 1.24 bits per heavy atom. The number of hydrogen-bond acceptors (Lipinski definition) is 2. The average Bonchev–Trinajstić information content (AvgIpc) is 2.29. The van der Waals surface area contributed by atoms with Gasteiger partial charge in [0.15, 0.2) is 0 Å². The third-order valence-electron chi connectivity index (χ3n) is 2.33. The molecule has 0 fully saturated rings. The number of halogens is 1. The molecule has 1 aromatic carbocycles. The quantitative estimate of drug-likeness (QED) is 0.837. The molecule has 0 aliphatic rings. The Bertz CT molecular complexity index is 563. The van der Waals surface area contributed by atoms with E-state index in [1.54, 1.807) is 13.0 Å². The van der Waals surface area contributed by atoms with Crippen LogP contribution in [0.4, 0.5) is 0 Å². The molecule has 0 bridgehead atoms. The van der Waals surface area contributed by atoms with Crippen LogP contribution in [0.25, 0.3) is 0 Å². The molecule has 0 radical (unpaired) electrons. The second kappa shape index (κ2) is 5.06. The maximum Gasteiger partial charge on any atom is 0.284 e. The Labute approximate surface area is 104 Å². The molecule has 0 aliphatic heterocycles. The Balaban J connectivity index is 2.18. The van der Waals surface area contributed by atoms with E-state index in [1.807, 2.05) is 30.3 Å². The molecule has 1 aromatic heterocycles. The molecule has 0 amide bonds. The average molecular weight is 250 g/mol. The van der Waals surface area contributed by atoms with Crippen molar-refractivity contribution in [3.8, 4) is 0 Å². The van der Waals surface area contributed by atoms with E-state index in [0.29, 0.717) is 17.3 Å². The minimum Gasteiger partial charge on any atom is -0.406 e. The van der Waals surface area contributed by atoms with E-state index in [-0.39, 0.29) is 5.56 Å². The van der Waals surface area contributed by atoms with E-state index in [0.717, 1.165) is 5.56 Å². The van der Waals surface area contributed by atoms with Gasteiger partial charge in [-0.25, -0.2) is 0 Å². The SMILES string of the molecule is Cc1cc(Cl)cc(=O)n1OCc1ccccc1. The van der Waals surface area contributed by atoms with Gasteiger partial charge in [0.05, 0.1) is 5.69 Å². The summed E-state index contributed by atoms with van der Waals surface area (Å²) in [5.74, 6) is 0. The Morgan fingerprint density at radius 3 is 2.59 bits per heavy atom. The monoisotopic (exact) mass is 249 g/mol. The summed E-state index contributed by atoms with van der Waals surface area (Å²) in [6, 6.07) is 12.7. The standard InChI is InChI=1S/C13H12ClNO2/c1-10-7-12(14)8-13(16)15(10)17-9-11-5-3-2-4-6-11/h2-8H,9H2,1H3. The molecule has 0 saturated carbocycles. The van der Waals surface area contributed by atoms with Gasteiger partial charge in [0.1, 0.15) is 6.61 Å². The minimum atomic E-state index is -0.258. The summed E-state index contributed by atoms with van der Waals surface area (Å²) >= 11 is 5.77. The first-order chi connectivity index (χ1) is 8.16. The predicted molar refractivity (Wildman–Crippen MR) is 67.2 cm³/mol. The van der Waals surface area contributed by atoms with Crippen molar-refractivity contribution >= 4 is 11.6 Å². The van der Waals surface area contributed by atoms with Crippen molar-refractivity contribution in [1.29, 1.82) is 0 Å². The van der Waals surface area contributed by atoms with Crippen LogP contribution in [0, 0.1) is 6.92 Å². The molecule has 1 heterocycles. The normalized spacial score (nSPS) is 10.2. The second-order valence-corrected chi connectivity index (χ2v) is 4.14. The fourth-order valence-corrected chi connectivity index (χ4v) is 1.78. The number of rotatable bonds is 3. The van der Waals surface area contributed by atoms with Crippen molar-refractivity contribution in [3.05, 3.63) is 69.1 Å². The minimum absolute atomic E-state index is 0.258. The molecular weight excluding hydrogens is 238 g/mol. The number of aryl methyl sites for hydroxylation is 1. The number of pyridine rings is 1. The van der Waals surface area contributed by atoms with Crippen LogP contribution in [0.2, 0.25) is 5.02 Å². The van der Waals surface area contributed by atoms with Gasteiger partial charge in [0.25, 0.3) is 5.56 Å². The number of nitrogens with zero attached hydrogens (tertiary/aromatic N) is 1. The molecule has 0 N–H and O–H groups in total. The first-order valence-corrected chi connectivity index (χ1v) is 5.61. The van der Waals surface area contributed by atoms with Crippen LogP contribution in [0.3, 0.4) is 0 Å². The lowest BCUT2D eigenvalue weighted by Crippen LogP contribution is -2.27. The molecule has 0 atom stereocenters. The fourth-order valence-electron chi connectivity index (χ4n) is 1.53. The molecule has 0 saturated heterocycles. The van der Waals surface area contributed by atoms with Crippen LogP contribution in [0.15, 0.2) is 47.3 Å². The highest BCUT2D eigenvalue weighted by Gasteiger charge is 2.03. The molecule has 4 heteroatoms. The van der Waals surface area contributed by atoms with Gasteiger partial charge in [-0.05, 0) is 18.6 Å². The first-order valence-electron chi connectivity index (χ1n) is 5.23. The van der Waals surface area contributed by atoms with Gasteiger partial charge >= 0.3 is 0 Å². The van der Waals surface area contributed by atoms with Gasteiger partial charge < -0.3 is 4.84 Å². The van der Waals surface area contributed by atoms with Gasteiger partial charge in [-0.1, -0.05) is 41.9 Å². The summed E-state index contributed by atoms with van der Waals surface area (Å²) in [5, 5.41) is 0.423. The zero-order valence-corrected chi connectivity index (χ0v) is 10.1. The topological polar surface area (TPSA) is 31.2 Å². The molecule has 3 nitrogen and oxygen atoms in total. The zero-order chi connectivity index (χ0) is 12.3. The summed E-state index contributed by atoms with van der Waals surface area (Å²) in [6.45, 7) is 2.13. The highest BCUT2D eigenvalue weighted by atomic mass is 35.5. The number of hydrogen-bond donors (Lipinski definition) is 0. The van der Waals surface area contributed by atoms with Gasteiger partial charge in [-0.3, -0.25) is 4.79 Å². The molecule has 0 unspecified atom stereocenters. The van der Waals surface area contributed by atoms with E-state index in [4.69, 9.17) is 16.4 Å². The lowest BCUT2D eigenvalue weighted by atomic mass is 10.2. The zero-order valence-electron chi connectivity index (χ0n) is 9.39. The van der Waals surface area contributed by atoms with E-state index in [1.165, 1.54) is 10.8 Å². The smallest absolute Gasteiger partial charge is 0.284 e.